The van der Waals surface area contributed by atoms with Gasteiger partial charge in [0.15, 0.2) is 0 Å². The van der Waals surface area contributed by atoms with Gasteiger partial charge in [0, 0.05) is 41.4 Å². The molecule has 0 bridgehead atoms. The van der Waals surface area contributed by atoms with Crippen molar-refractivity contribution in [2.75, 3.05) is 6.54 Å². The lowest BCUT2D eigenvalue weighted by Gasteiger charge is -2.28. The molecule has 0 fully saturated rings. The van der Waals surface area contributed by atoms with Gasteiger partial charge in [-0.25, -0.2) is 0 Å². The highest BCUT2D eigenvalue weighted by Gasteiger charge is 2.29. The Morgan fingerprint density at radius 3 is 2.70 bits per heavy atom. The van der Waals surface area contributed by atoms with Crippen LogP contribution in [0, 0.1) is 11.8 Å². The molecule has 2 aromatic rings. The zero-order chi connectivity index (χ0) is 16.2. The van der Waals surface area contributed by atoms with E-state index in [-0.39, 0.29) is 5.91 Å². The molecule has 1 heterocycles. The molecule has 0 aliphatic heterocycles. The van der Waals surface area contributed by atoms with E-state index in [0.717, 1.165) is 16.5 Å². The number of aromatic amines is 1. The molecule has 0 radical (unpaired) electrons. The molecule has 5 heteroatoms. The largest absolute Gasteiger partial charge is 0.550 e. The standard InChI is InChI=1S/C18H20N2O3/c21-17(14-6-1-2-7-15(14)18(22)23)19-10-9-12-11-20-16-8-4-3-5-13(12)16/h1-5,8,11,14-15,20H,6-7,9-10H2,(H,19,21)(H,22,23)/p-1/t14-,15-/m0/s1. The van der Waals surface area contributed by atoms with Crippen molar-refractivity contribution in [3.05, 3.63) is 48.2 Å². The molecule has 120 valence electrons. The predicted molar refractivity (Wildman–Crippen MR) is 85.4 cm³/mol. The van der Waals surface area contributed by atoms with Crippen molar-refractivity contribution in [3.63, 3.8) is 0 Å². The molecule has 23 heavy (non-hydrogen) atoms. The van der Waals surface area contributed by atoms with Crippen molar-refractivity contribution >= 4 is 22.8 Å². The van der Waals surface area contributed by atoms with Gasteiger partial charge in [0.1, 0.15) is 0 Å². The van der Waals surface area contributed by atoms with E-state index in [4.69, 9.17) is 0 Å². The first kappa shape index (κ1) is 15.3. The third-order valence-corrected chi connectivity index (χ3v) is 4.44. The number of amides is 1. The van der Waals surface area contributed by atoms with E-state index in [1.807, 2.05) is 36.5 Å². The molecule has 0 saturated carbocycles. The van der Waals surface area contributed by atoms with E-state index < -0.39 is 17.8 Å². The highest BCUT2D eigenvalue weighted by molar-refractivity contribution is 5.85. The van der Waals surface area contributed by atoms with Crippen molar-refractivity contribution in [1.82, 2.24) is 10.3 Å². The van der Waals surface area contributed by atoms with Crippen molar-refractivity contribution in [1.29, 1.82) is 0 Å². The number of hydrogen-bond acceptors (Lipinski definition) is 3. The number of carboxylic acids is 1. The maximum absolute atomic E-state index is 12.3. The molecule has 1 aliphatic rings. The van der Waals surface area contributed by atoms with Crippen LogP contribution in [0.3, 0.4) is 0 Å². The monoisotopic (exact) mass is 311 g/mol. The Hall–Kier alpha value is -2.56. The lowest BCUT2D eigenvalue weighted by molar-refractivity contribution is -0.313. The van der Waals surface area contributed by atoms with E-state index in [2.05, 4.69) is 10.3 Å². The molecule has 1 amide bonds. The van der Waals surface area contributed by atoms with Gasteiger partial charge < -0.3 is 20.2 Å². The van der Waals surface area contributed by atoms with Crippen LogP contribution in [0.2, 0.25) is 0 Å². The Morgan fingerprint density at radius 1 is 1.17 bits per heavy atom. The smallest absolute Gasteiger partial charge is 0.224 e. The Morgan fingerprint density at radius 2 is 1.91 bits per heavy atom. The Labute approximate surface area is 134 Å². The number of benzene rings is 1. The number of para-hydroxylation sites is 1. The molecule has 0 spiro atoms. The normalized spacial score (nSPS) is 20.5. The lowest BCUT2D eigenvalue weighted by Crippen LogP contribution is -2.44. The number of aliphatic carboxylic acids is 1. The SMILES string of the molecule is O=C([O-])[C@H]1CC=CC[C@@H]1C(=O)NCCc1c[nH]c2ccccc12. The number of allylic oxidation sites excluding steroid dienone is 2. The molecule has 0 unspecified atom stereocenters. The van der Waals surface area contributed by atoms with Crippen molar-refractivity contribution in [2.45, 2.75) is 19.3 Å². The number of carbonyl (C=O) groups is 2. The van der Waals surface area contributed by atoms with E-state index in [9.17, 15) is 14.7 Å². The summed E-state index contributed by atoms with van der Waals surface area (Å²) in [6.07, 6.45) is 7.14. The van der Waals surface area contributed by atoms with Crippen LogP contribution in [0.15, 0.2) is 42.6 Å². The summed E-state index contributed by atoms with van der Waals surface area (Å²) < 4.78 is 0. The first-order chi connectivity index (χ1) is 11.2. The maximum atomic E-state index is 12.3. The van der Waals surface area contributed by atoms with Crippen LogP contribution in [0.5, 0.6) is 0 Å². The van der Waals surface area contributed by atoms with Crippen LogP contribution >= 0.6 is 0 Å². The van der Waals surface area contributed by atoms with Gasteiger partial charge in [0.2, 0.25) is 5.91 Å². The number of aromatic nitrogens is 1. The molecule has 3 rings (SSSR count). The van der Waals surface area contributed by atoms with Gasteiger partial charge in [-0.15, -0.1) is 0 Å². The van der Waals surface area contributed by atoms with Gasteiger partial charge in [0.25, 0.3) is 0 Å². The number of H-pyrrole nitrogens is 1. The zero-order valence-electron chi connectivity index (χ0n) is 12.7. The number of nitrogens with one attached hydrogen (secondary N) is 2. The van der Waals surface area contributed by atoms with Gasteiger partial charge in [0.05, 0.1) is 0 Å². The summed E-state index contributed by atoms with van der Waals surface area (Å²) in [6.45, 7) is 0.487. The minimum absolute atomic E-state index is 0.205. The van der Waals surface area contributed by atoms with Crippen LogP contribution < -0.4 is 10.4 Å². The quantitative estimate of drug-likeness (QED) is 0.813. The third-order valence-electron chi connectivity index (χ3n) is 4.44. The summed E-state index contributed by atoms with van der Waals surface area (Å²) in [7, 11) is 0. The molecule has 2 atom stereocenters. The molecular formula is C18H19N2O3-. The summed E-state index contributed by atoms with van der Waals surface area (Å²) in [6, 6.07) is 8.01. The van der Waals surface area contributed by atoms with Gasteiger partial charge in [-0.2, -0.15) is 0 Å². The van der Waals surface area contributed by atoms with Crippen molar-refractivity contribution < 1.29 is 14.7 Å². The number of rotatable bonds is 5. The van der Waals surface area contributed by atoms with E-state index in [1.54, 1.807) is 6.08 Å². The highest BCUT2D eigenvalue weighted by Crippen LogP contribution is 2.25. The number of carbonyl (C=O) groups excluding carboxylic acids is 2. The molecule has 1 aromatic carbocycles. The summed E-state index contributed by atoms with van der Waals surface area (Å²) in [5.41, 5.74) is 2.21. The Balaban J connectivity index is 1.59. The second-order valence-electron chi connectivity index (χ2n) is 5.88. The van der Waals surface area contributed by atoms with Crippen LogP contribution in [0.4, 0.5) is 0 Å². The van der Waals surface area contributed by atoms with Gasteiger partial charge in [-0.05, 0) is 30.9 Å². The summed E-state index contributed by atoms with van der Waals surface area (Å²) in [4.78, 5) is 26.6. The number of hydrogen-bond donors (Lipinski definition) is 2. The first-order valence-corrected chi connectivity index (χ1v) is 7.85. The minimum Gasteiger partial charge on any atom is -0.550 e. The molecule has 1 aromatic heterocycles. The molecule has 5 nitrogen and oxygen atoms in total. The van der Waals surface area contributed by atoms with Gasteiger partial charge in [-0.1, -0.05) is 30.4 Å². The fourth-order valence-corrected chi connectivity index (χ4v) is 3.15. The van der Waals surface area contributed by atoms with Crippen LogP contribution in [-0.4, -0.2) is 23.4 Å². The van der Waals surface area contributed by atoms with Crippen LogP contribution in [-0.2, 0) is 16.0 Å². The second kappa shape index (κ2) is 6.69. The third kappa shape index (κ3) is 3.28. The summed E-state index contributed by atoms with van der Waals surface area (Å²) in [5.74, 6) is -2.62. The lowest BCUT2D eigenvalue weighted by atomic mass is 9.82. The summed E-state index contributed by atoms with van der Waals surface area (Å²) in [5, 5.41) is 15.2. The maximum Gasteiger partial charge on any atom is 0.224 e. The van der Waals surface area contributed by atoms with E-state index in [1.165, 1.54) is 0 Å². The molecule has 1 aliphatic carbocycles. The van der Waals surface area contributed by atoms with E-state index >= 15 is 0 Å². The zero-order valence-corrected chi connectivity index (χ0v) is 12.7. The topological polar surface area (TPSA) is 85.0 Å². The van der Waals surface area contributed by atoms with Crippen LogP contribution in [0.1, 0.15) is 18.4 Å². The Kier molecular flexibility index (Phi) is 4.46. The van der Waals surface area contributed by atoms with Crippen molar-refractivity contribution in [2.24, 2.45) is 11.8 Å². The van der Waals surface area contributed by atoms with Gasteiger partial charge >= 0.3 is 0 Å². The van der Waals surface area contributed by atoms with Gasteiger partial charge in [-0.3, -0.25) is 4.79 Å². The molecule has 2 N–H and O–H groups in total. The minimum atomic E-state index is -1.15. The highest BCUT2D eigenvalue weighted by atomic mass is 16.4. The summed E-state index contributed by atoms with van der Waals surface area (Å²) >= 11 is 0. The molecule has 0 saturated heterocycles. The molecular weight excluding hydrogens is 292 g/mol. The van der Waals surface area contributed by atoms with Crippen molar-refractivity contribution in [3.8, 4) is 0 Å². The average Bonchev–Trinajstić information content (AvgIpc) is 2.98. The number of fused-ring (bicyclic) bond motifs is 1. The van der Waals surface area contributed by atoms with E-state index in [0.29, 0.717) is 25.8 Å². The second-order valence-corrected chi connectivity index (χ2v) is 5.88. The predicted octanol–water partition coefficient (Wildman–Crippen LogP) is 1.16. The fraction of sp³-hybridized carbons (Fsp3) is 0.333. The van der Waals surface area contributed by atoms with Crippen LogP contribution in [0.25, 0.3) is 10.9 Å². The Bertz CT molecular complexity index is 748. The fourth-order valence-electron chi connectivity index (χ4n) is 3.15. The average molecular weight is 311 g/mol. The first-order valence-electron chi connectivity index (χ1n) is 7.85. The number of carboxylic acid groups (broad SMARTS) is 1.